The number of carboxylic acids is 1. The lowest BCUT2D eigenvalue weighted by atomic mass is 9.76. The molecule has 2 rings (SSSR count). The van der Waals surface area contributed by atoms with Crippen LogP contribution >= 0.6 is 0 Å². The van der Waals surface area contributed by atoms with Crippen LogP contribution in [-0.2, 0) is 9.59 Å². The van der Waals surface area contributed by atoms with Gasteiger partial charge in [-0.15, -0.1) is 0 Å². The minimum absolute atomic E-state index is 0.00783. The Bertz CT molecular complexity index is 368. The van der Waals surface area contributed by atoms with Crippen molar-refractivity contribution in [3.8, 4) is 0 Å². The van der Waals surface area contributed by atoms with Gasteiger partial charge in [-0.1, -0.05) is 33.1 Å². The lowest BCUT2D eigenvalue weighted by Crippen LogP contribution is -2.58. The number of hydrogen-bond donors (Lipinski definition) is 2. The Hall–Kier alpha value is -1.06. The summed E-state index contributed by atoms with van der Waals surface area (Å²) in [6, 6.07) is 0. The summed E-state index contributed by atoms with van der Waals surface area (Å²) in [6.07, 6.45) is 6.13. The zero-order valence-electron chi connectivity index (χ0n) is 11.9. The fourth-order valence-electron chi connectivity index (χ4n) is 3.78. The van der Waals surface area contributed by atoms with Crippen molar-refractivity contribution in [1.29, 1.82) is 0 Å². The number of rotatable bonds is 3. The first kappa shape index (κ1) is 14.4. The summed E-state index contributed by atoms with van der Waals surface area (Å²) in [4.78, 5) is 24.0. The van der Waals surface area contributed by atoms with Crippen LogP contribution in [0.5, 0.6) is 0 Å². The van der Waals surface area contributed by atoms with Gasteiger partial charge in [-0.3, -0.25) is 4.79 Å². The van der Waals surface area contributed by atoms with E-state index in [4.69, 9.17) is 0 Å². The number of carbonyl (C=O) groups is 2. The molecule has 4 nitrogen and oxygen atoms in total. The third-order valence-corrected chi connectivity index (χ3v) is 4.97. The number of aliphatic carboxylic acids is 1. The third kappa shape index (κ3) is 2.93. The molecule has 0 aromatic rings. The zero-order chi connectivity index (χ0) is 14.0. The van der Waals surface area contributed by atoms with Crippen molar-refractivity contribution in [2.24, 2.45) is 17.8 Å². The van der Waals surface area contributed by atoms with Crippen molar-refractivity contribution in [3.63, 3.8) is 0 Å². The van der Waals surface area contributed by atoms with Crippen molar-refractivity contribution in [1.82, 2.24) is 5.32 Å². The molecule has 4 atom stereocenters. The molecule has 0 heterocycles. The summed E-state index contributed by atoms with van der Waals surface area (Å²) in [7, 11) is 0. The highest BCUT2D eigenvalue weighted by atomic mass is 16.4. The number of hydrogen-bond acceptors (Lipinski definition) is 2. The predicted octanol–water partition coefficient (Wildman–Crippen LogP) is 2.57. The molecule has 2 saturated carbocycles. The summed E-state index contributed by atoms with van der Waals surface area (Å²) >= 11 is 0. The van der Waals surface area contributed by atoms with Crippen LogP contribution in [0.3, 0.4) is 0 Å². The molecular weight excluding hydrogens is 242 g/mol. The first-order valence-electron chi connectivity index (χ1n) is 7.50. The van der Waals surface area contributed by atoms with Crippen LogP contribution in [0.15, 0.2) is 0 Å². The van der Waals surface area contributed by atoms with Crippen molar-refractivity contribution >= 4 is 11.9 Å². The molecule has 0 aromatic heterocycles. The Kier molecular flexibility index (Phi) is 4.16. The highest BCUT2D eigenvalue weighted by Gasteiger charge is 2.44. The van der Waals surface area contributed by atoms with Gasteiger partial charge in [-0.2, -0.15) is 0 Å². The second-order valence-corrected chi connectivity index (χ2v) is 6.59. The van der Waals surface area contributed by atoms with Gasteiger partial charge in [0.2, 0.25) is 5.91 Å². The number of amides is 1. The van der Waals surface area contributed by atoms with E-state index in [1.54, 1.807) is 0 Å². The Morgan fingerprint density at radius 2 is 1.89 bits per heavy atom. The number of nitrogens with one attached hydrogen (secondary N) is 1. The lowest BCUT2D eigenvalue weighted by molar-refractivity contribution is -0.151. The number of carbonyl (C=O) groups excluding carboxylic acids is 1. The quantitative estimate of drug-likeness (QED) is 0.826. The lowest BCUT2D eigenvalue weighted by Gasteiger charge is -2.38. The minimum atomic E-state index is -1.02. The fraction of sp³-hybridized carbons (Fsp3) is 0.867. The van der Waals surface area contributed by atoms with E-state index in [9.17, 15) is 14.7 Å². The van der Waals surface area contributed by atoms with E-state index in [1.807, 2.05) is 0 Å². The van der Waals surface area contributed by atoms with Crippen LogP contribution < -0.4 is 5.32 Å². The standard InChI is InChI=1S/C15H25NO3/c1-10-5-4-8-15(9-10,14(18)19)16-13(17)12-7-3-6-11(12)2/h10-12H,3-9H2,1-2H3,(H,16,17)(H,18,19). The second kappa shape index (κ2) is 5.51. The maximum atomic E-state index is 12.4. The van der Waals surface area contributed by atoms with Gasteiger partial charge in [0, 0.05) is 5.92 Å². The average molecular weight is 267 g/mol. The minimum Gasteiger partial charge on any atom is -0.480 e. The van der Waals surface area contributed by atoms with E-state index >= 15 is 0 Å². The SMILES string of the molecule is CC1CCCC(NC(=O)C2CCCC2C)(C(=O)O)C1. The van der Waals surface area contributed by atoms with E-state index in [2.05, 4.69) is 19.2 Å². The Morgan fingerprint density at radius 1 is 1.16 bits per heavy atom. The summed E-state index contributed by atoms with van der Waals surface area (Å²) in [5.41, 5.74) is -1.02. The molecule has 4 heteroatoms. The average Bonchev–Trinajstić information content (AvgIpc) is 2.75. The van der Waals surface area contributed by atoms with Gasteiger partial charge < -0.3 is 10.4 Å². The molecule has 0 radical (unpaired) electrons. The van der Waals surface area contributed by atoms with Crippen molar-refractivity contribution in [3.05, 3.63) is 0 Å². The molecule has 2 aliphatic carbocycles. The van der Waals surface area contributed by atoms with Gasteiger partial charge in [0.25, 0.3) is 0 Å². The monoisotopic (exact) mass is 267 g/mol. The smallest absolute Gasteiger partial charge is 0.329 e. The molecule has 0 spiro atoms. The van der Waals surface area contributed by atoms with E-state index in [-0.39, 0.29) is 11.8 Å². The second-order valence-electron chi connectivity index (χ2n) is 6.59. The molecular formula is C15H25NO3. The van der Waals surface area contributed by atoms with Gasteiger partial charge in [-0.05, 0) is 37.5 Å². The molecule has 0 aliphatic heterocycles. The molecule has 2 aliphatic rings. The predicted molar refractivity (Wildman–Crippen MR) is 72.6 cm³/mol. The van der Waals surface area contributed by atoms with Gasteiger partial charge in [0.15, 0.2) is 0 Å². The van der Waals surface area contributed by atoms with Gasteiger partial charge in [-0.25, -0.2) is 4.79 Å². The van der Waals surface area contributed by atoms with Crippen molar-refractivity contribution in [2.45, 2.75) is 64.3 Å². The van der Waals surface area contributed by atoms with Crippen LogP contribution in [0.2, 0.25) is 0 Å². The Labute approximate surface area is 115 Å². The normalized spacial score (nSPS) is 38.9. The van der Waals surface area contributed by atoms with Crippen LogP contribution in [0.25, 0.3) is 0 Å². The van der Waals surface area contributed by atoms with E-state index < -0.39 is 11.5 Å². The molecule has 0 bridgehead atoms. The summed E-state index contributed by atoms with van der Waals surface area (Å²) in [5.74, 6) is -0.147. The van der Waals surface area contributed by atoms with Gasteiger partial charge in [0.1, 0.15) is 5.54 Å². The molecule has 19 heavy (non-hydrogen) atoms. The Balaban J connectivity index is 2.08. The Morgan fingerprint density at radius 3 is 2.42 bits per heavy atom. The zero-order valence-corrected chi connectivity index (χ0v) is 11.9. The first-order chi connectivity index (χ1) is 8.94. The van der Waals surface area contributed by atoms with E-state index in [0.717, 1.165) is 32.1 Å². The van der Waals surface area contributed by atoms with Crippen molar-refractivity contribution in [2.75, 3.05) is 0 Å². The third-order valence-electron chi connectivity index (χ3n) is 4.97. The largest absolute Gasteiger partial charge is 0.480 e. The molecule has 1 amide bonds. The van der Waals surface area contributed by atoms with Crippen LogP contribution in [0, 0.1) is 17.8 Å². The van der Waals surface area contributed by atoms with Gasteiger partial charge >= 0.3 is 5.97 Å². The summed E-state index contributed by atoms with van der Waals surface area (Å²) < 4.78 is 0. The van der Waals surface area contributed by atoms with Gasteiger partial charge in [0.05, 0.1) is 0 Å². The highest BCUT2D eigenvalue weighted by molar-refractivity contribution is 5.88. The maximum Gasteiger partial charge on any atom is 0.329 e. The van der Waals surface area contributed by atoms with E-state index in [1.165, 1.54) is 0 Å². The molecule has 108 valence electrons. The fourth-order valence-corrected chi connectivity index (χ4v) is 3.78. The topological polar surface area (TPSA) is 66.4 Å². The summed E-state index contributed by atoms with van der Waals surface area (Å²) in [6.45, 7) is 4.16. The highest BCUT2D eigenvalue weighted by Crippen LogP contribution is 2.35. The van der Waals surface area contributed by atoms with Crippen LogP contribution in [0.1, 0.15) is 58.8 Å². The molecule has 4 unspecified atom stereocenters. The molecule has 0 saturated heterocycles. The molecule has 0 aromatic carbocycles. The van der Waals surface area contributed by atoms with Crippen LogP contribution in [0.4, 0.5) is 0 Å². The van der Waals surface area contributed by atoms with E-state index in [0.29, 0.717) is 24.7 Å². The molecule has 2 N–H and O–H groups in total. The van der Waals surface area contributed by atoms with Crippen molar-refractivity contribution < 1.29 is 14.7 Å². The summed E-state index contributed by atoms with van der Waals surface area (Å²) in [5, 5.41) is 12.4. The first-order valence-corrected chi connectivity index (χ1v) is 7.50. The number of carboxylic acid groups (broad SMARTS) is 1. The van der Waals surface area contributed by atoms with Crippen LogP contribution in [-0.4, -0.2) is 22.5 Å². The maximum absolute atomic E-state index is 12.4. The molecule has 2 fully saturated rings.